The van der Waals surface area contributed by atoms with Gasteiger partial charge in [0.15, 0.2) is 5.65 Å². The van der Waals surface area contributed by atoms with E-state index in [1.54, 1.807) is 21.4 Å². The van der Waals surface area contributed by atoms with Crippen LogP contribution in [-0.4, -0.2) is 38.0 Å². The first-order valence-electron chi connectivity index (χ1n) is 9.94. The Morgan fingerprint density at radius 1 is 1.18 bits per heavy atom. The van der Waals surface area contributed by atoms with Crippen LogP contribution in [0.2, 0.25) is 0 Å². The normalized spacial score (nSPS) is 17.4. The predicted molar refractivity (Wildman–Crippen MR) is 109 cm³/mol. The molecule has 1 aliphatic heterocycles. The lowest BCUT2D eigenvalue weighted by Crippen LogP contribution is -2.42. The molecule has 0 aliphatic carbocycles. The van der Waals surface area contributed by atoms with Crippen LogP contribution in [0.4, 0.5) is 0 Å². The van der Waals surface area contributed by atoms with E-state index in [0.29, 0.717) is 23.6 Å². The van der Waals surface area contributed by atoms with E-state index in [9.17, 15) is 9.59 Å². The second-order valence-corrected chi connectivity index (χ2v) is 7.77. The van der Waals surface area contributed by atoms with Crippen molar-refractivity contribution in [2.24, 2.45) is 0 Å². The van der Waals surface area contributed by atoms with E-state index in [1.165, 1.54) is 5.56 Å². The average molecular weight is 378 g/mol. The maximum absolute atomic E-state index is 13.1. The van der Waals surface area contributed by atoms with E-state index < -0.39 is 0 Å². The second kappa shape index (κ2) is 7.62. The molecule has 0 radical (unpaired) electrons. The number of hydrogen-bond acceptors (Lipinski definition) is 3. The van der Waals surface area contributed by atoms with Crippen molar-refractivity contribution in [1.82, 2.24) is 19.0 Å². The SMILES string of the molecule is CC(C)n1c(=O)n(CC(=O)N2CCC[C@H](c3ccccc3)C2)c2cccnc21. The van der Waals surface area contributed by atoms with E-state index in [1.807, 2.05) is 43.0 Å². The fourth-order valence-corrected chi connectivity index (χ4v) is 4.16. The average Bonchev–Trinajstić information content (AvgIpc) is 3.00. The number of benzene rings is 1. The van der Waals surface area contributed by atoms with Crippen LogP contribution in [0.3, 0.4) is 0 Å². The predicted octanol–water partition coefficient (Wildman–Crippen LogP) is 3.19. The number of pyridine rings is 1. The molecule has 4 rings (SSSR count). The standard InChI is InChI=1S/C22H26N4O2/c1-16(2)26-21-19(11-6-12-23-21)25(22(26)28)15-20(27)24-13-7-10-18(14-24)17-8-4-3-5-9-17/h3-6,8-9,11-12,16,18H,7,10,13-15H2,1-2H3/t18-/m0/s1. The van der Waals surface area contributed by atoms with Gasteiger partial charge in [-0.2, -0.15) is 0 Å². The van der Waals surface area contributed by atoms with Gasteiger partial charge in [-0.15, -0.1) is 0 Å². The number of aromatic nitrogens is 3. The van der Waals surface area contributed by atoms with Gasteiger partial charge in [0.05, 0.1) is 5.52 Å². The zero-order valence-electron chi connectivity index (χ0n) is 16.4. The number of likely N-dealkylation sites (tertiary alicyclic amines) is 1. The summed E-state index contributed by atoms with van der Waals surface area (Å²) in [4.78, 5) is 32.3. The molecular weight excluding hydrogens is 352 g/mol. The number of hydrogen-bond donors (Lipinski definition) is 0. The number of carbonyl (C=O) groups is 1. The molecule has 1 aliphatic rings. The quantitative estimate of drug-likeness (QED) is 0.701. The van der Waals surface area contributed by atoms with E-state index in [4.69, 9.17) is 0 Å². The van der Waals surface area contributed by atoms with E-state index in [0.717, 1.165) is 19.4 Å². The maximum atomic E-state index is 13.1. The number of piperidine rings is 1. The molecular formula is C22H26N4O2. The van der Waals surface area contributed by atoms with Crippen molar-refractivity contribution >= 4 is 17.1 Å². The van der Waals surface area contributed by atoms with Crippen LogP contribution in [0.25, 0.3) is 11.2 Å². The molecule has 1 saturated heterocycles. The minimum absolute atomic E-state index is 0.00519. The van der Waals surface area contributed by atoms with Gasteiger partial charge < -0.3 is 4.90 Å². The molecule has 1 amide bonds. The van der Waals surface area contributed by atoms with Crippen molar-refractivity contribution in [2.75, 3.05) is 13.1 Å². The van der Waals surface area contributed by atoms with Crippen LogP contribution in [0, 0.1) is 0 Å². The third kappa shape index (κ3) is 3.35. The molecule has 1 atom stereocenters. The third-order valence-corrected chi connectivity index (χ3v) is 5.58. The maximum Gasteiger partial charge on any atom is 0.331 e. The summed E-state index contributed by atoms with van der Waals surface area (Å²) >= 11 is 0. The van der Waals surface area contributed by atoms with Crippen molar-refractivity contribution in [3.8, 4) is 0 Å². The smallest absolute Gasteiger partial charge is 0.331 e. The molecule has 0 unspecified atom stereocenters. The Morgan fingerprint density at radius 3 is 2.71 bits per heavy atom. The summed E-state index contributed by atoms with van der Waals surface area (Å²) in [5.74, 6) is 0.351. The summed E-state index contributed by atoms with van der Waals surface area (Å²) in [6.45, 7) is 5.42. The molecule has 0 spiro atoms. The first-order chi connectivity index (χ1) is 13.6. The van der Waals surface area contributed by atoms with Gasteiger partial charge in [0, 0.05) is 31.2 Å². The molecule has 2 aromatic heterocycles. The fourth-order valence-electron chi connectivity index (χ4n) is 4.16. The molecule has 28 heavy (non-hydrogen) atoms. The number of rotatable bonds is 4. The summed E-state index contributed by atoms with van der Waals surface area (Å²) < 4.78 is 3.22. The first kappa shape index (κ1) is 18.5. The van der Waals surface area contributed by atoms with Gasteiger partial charge in [0.1, 0.15) is 6.54 Å². The van der Waals surface area contributed by atoms with Crippen LogP contribution in [0.5, 0.6) is 0 Å². The molecule has 0 bridgehead atoms. The van der Waals surface area contributed by atoms with Crippen molar-refractivity contribution in [1.29, 1.82) is 0 Å². The Hall–Kier alpha value is -2.89. The Morgan fingerprint density at radius 2 is 1.96 bits per heavy atom. The van der Waals surface area contributed by atoms with Crippen molar-refractivity contribution in [3.05, 3.63) is 64.7 Å². The lowest BCUT2D eigenvalue weighted by atomic mass is 9.90. The van der Waals surface area contributed by atoms with Gasteiger partial charge in [0.2, 0.25) is 5.91 Å². The highest BCUT2D eigenvalue weighted by molar-refractivity contribution is 5.79. The molecule has 6 heteroatoms. The number of imidazole rings is 1. The zero-order valence-corrected chi connectivity index (χ0v) is 16.4. The first-order valence-corrected chi connectivity index (χ1v) is 9.94. The summed E-state index contributed by atoms with van der Waals surface area (Å²) in [7, 11) is 0. The highest BCUT2D eigenvalue weighted by Crippen LogP contribution is 2.27. The Kier molecular flexibility index (Phi) is 5.03. The molecule has 3 heterocycles. The fraction of sp³-hybridized carbons (Fsp3) is 0.409. The molecule has 0 N–H and O–H groups in total. The molecule has 1 aromatic carbocycles. The lowest BCUT2D eigenvalue weighted by molar-refractivity contribution is -0.133. The molecule has 6 nitrogen and oxygen atoms in total. The molecule has 0 saturated carbocycles. The third-order valence-electron chi connectivity index (χ3n) is 5.58. The lowest BCUT2D eigenvalue weighted by Gasteiger charge is -2.33. The number of carbonyl (C=O) groups excluding carboxylic acids is 1. The minimum Gasteiger partial charge on any atom is -0.341 e. The highest BCUT2D eigenvalue weighted by atomic mass is 16.2. The second-order valence-electron chi connectivity index (χ2n) is 7.77. The monoisotopic (exact) mass is 378 g/mol. The van der Waals surface area contributed by atoms with Gasteiger partial charge in [-0.25, -0.2) is 9.78 Å². The number of fused-ring (bicyclic) bond motifs is 1. The summed E-state index contributed by atoms with van der Waals surface area (Å²) in [5, 5.41) is 0. The van der Waals surface area contributed by atoms with E-state index in [2.05, 4.69) is 17.1 Å². The van der Waals surface area contributed by atoms with Gasteiger partial charge in [-0.3, -0.25) is 13.9 Å². The minimum atomic E-state index is -0.173. The molecule has 1 fully saturated rings. The summed E-state index contributed by atoms with van der Waals surface area (Å²) in [5.41, 5.74) is 2.45. The number of amides is 1. The highest BCUT2D eigenvalue weighted by Gasteiger charge is 2.26. The Bertz CT molecular complexity index is 1040. The van der Waals surface area contributed by atoms with Gasteiger partial charge >= 0.3 is 5.69 Å². The van der Waals surface area contributed by atoms with Gasteiger partial charge in [0.25, 0.3) is 0 Å². The van der Waals surface area contributed by atoms with Crippen molar-refractivity contribution in [2.45, 2.75) is 45.2 Å². The Labute approximate surface area is 164 Å². The van der Waals surface area contributed by atoms with Crippen molar-refractivity contribution < 1.29 is 4.79 Å². The van der Waals surface area contributed by atoms with Gasteiger partial charge in [-0.05, 0) is 44.4 Å². The summed E-state index contributed by atoms with van der Waals surface area (Å²) in [6.07, 6.45) is 3.75. The number of nitrogens with zero attached hydrogens (tertiary/aromatic N) is 4. The van der Waals surface area contributed by atoms with Crippen LogP contribution in [0.1, 0.15) is 44.2 Å². The van der Waals surface area contributed by atoms with Crippen LogP contribution in [0.15, 0.2) is 53.5 Å². The van der Waals surface area contributed by atoms with E-state index >= 15 is 0 Å². The molecule has 146 valence electrons. The topological polar surface area (TPSA) is 60.1 Å². The van der Waals surface area contributed by atoms with E-state index in [-0.39, 0.29) is 24.2 Å². The largest absolute Gasteiger partial charge is 0.341 e. The van der Waals surface area contributed by atoms with Crippen LogP contribution < -0.4 is 5.69 Å². The summed E-state index contributed by atoms with van der Waals surface area (Å²) in [6, 6.07) is 14.0. The molecule has 3 aromatic rings. The van der Waals surface area contributed by atoms with Gasteiger partial charge in [-0.1, -0.05) is 30.3 Å². The van der Waals surface area contributed by atoms with Crippen LogP contribution in [-0.2, 0) is 11.3 Å². The van der Waals surface area contributed by atoms with Crippen molar-refractivity contribution in [3.63, 3.8) is 0 Å². The Balaban J connectivity index is 1.59. The zero-order chi connectivity index (χ0) is 19.7. The van der Waals surface area contributed by atoms with Crippen LogP contribution >= 0.6 is 0 Å².